The van der Waals surface area contributed by atoms with Gasteiger partial charge in [-0.2, -0.15) is 0 Å². The van der Waals surface area contributed by atoms with E-state index in [1.165, 1.54) is 43.6 Å². The number of likely N-dealkylation sites (tertiary alicyclic amines) is 2. The van der Waals surface area contributed by atoms with Gasteiger partial charge in [0, 0.05) is 101 Å². The van der Waals surface area contributed by atoms with Gasteiger partial charge in [-0.05, 0) is 158 Å². The Bertz CT molecular complexity index is 2910. The number of hydrogen-bond donors (Lipinski definition) is 4. The molecule has 0 radical (unpaired) electrons. The highest BCUT2D eigenvalue weighted by Gasteiger charge is 2.51. The molecule has 0 bridgehead atoms. The molecule has 3 spiro atoms. The summed E-state index contributed by atoms with van der Waals surface area (Å²) in [6, 6.07) is 19.6. The summed E-state index contributed by atoms with van der Waals surface area (Å²) in [6.45, 7) is 16.8. The van der Waals surface area contributed by atoms with E-state index >= 15 is 0 Å². The summed E-state index contributed by atoms with van der Waals surface area (Å²) in [7, 11) is 6.01. The maximum Gasteiger partial charge on any atom is 0.410 e. The predicted octanol–water partition coefficient (Wildman–Crippen LogP) is 9.03. The van der Waals surface area contributed by atoms with Gasteiger partial charge in [0.25, 0.3) is 0 Å². The Morgan fingerprint density at radius 2 is 1.06 bits per heavy atom. The molecule has 3 saturated heterocycles. The number of aromatic nitrogens is 6. The first kappa shape index (κ1) is 50.6. The highest BCUT2D eigenvalue weighted by atomic mass is 16.6. The molecule has 12 rings (SSSR count). The van der Waals surface area contributed by atoms with Crippen molar-refractivity contribution < 1.29 is 23.9 Å². The van der Waals surface area contributed by atoms with Gasteiger partial charge < -0.3 is 54.7 Å². The van der Waals surface area contributed by atoms with Crippen molar-refractivity contribution in [2.45, 2.75) is 123 Å². The molecular formula is C55H76N12O5. The number of Topliss-reactive ketones (excluding diaryl/α,β-unsaturated/α-hetero) is 1. The average molecular weight is 985 g/mol. The lowest BCUT2D eigenvalue weighted by Gasteiger charge is -2.45. The number of nitrogen functional groups attached to an aromatic ring is 1. The molecule has 386 valence electrons. The van der Waals surface area contributed by atoms with E-state index in [1.54, 1.807) is 11.2 Å². The van der Waals surface area contributed by atoms with E-state index in [9.17, 15) is 14.4 Å². The Morgan fingerprint density at radius 1 is 0.625 bits per heavy atom. The second-order valence-electron chi connectivity index (χ2n) is 23.8. The number of benzene rings is 3. The summed E-state index contributed by atoms with van der Waals surface area (Å²) in [5.41, 5.74) is 15.3. The molecule has 3 aromatic heterocycles. The van der Waals surface area contributed by atoms with E-state index in [-0.39, 0.29) is 23.0 Å². The van der Waals surface area contributed by atoms with Gasteiger partial charge >= 0.3 is 12.2 Å². The molecule has 17 nitrogen and oxygen atoms in total. The van der Waals surface area contributed by atoms with Crippen molar-refractivity contribution in [2.75, 3.05) is 55.6 Å². The van der Waals surface area contributed by atoms with Crippen molar-refractivity contribution in [1.29, 1.82) is 0 Å². The highest BCUT2D eigenvalue weighted by Crippen LogP contribution is 2.50. The second-order valence-corrected chi connectivity index (χ2v) is 23.8. The number of amides is 2. The van der Waals surface area contributed by atoms with E-state index in [2.05, 4.69) is 71.9 Å². The number of aryl methyl sites for hydroxylation is 3. The topological polar surface area (TPSA) is 192 Å². The Hall–Kier alpha value is -6.36. The monoisotopic (exact) mass is 985 g/mol. The molecule has 0 atom stereocenters. The normalized spacial score (nSPS) is 23.9. The number of imidazole rings is 3. The van der Waals surface area contributed by atoms with Gasteiger partial charge in [0.2, 0.25) is 0 Å². The predicted molar refractivity (Wildman–Crippen MR) is 284 cm³/mol. The van der Waals surface area contributed by atoms with Crippen LogP contribution in [-0.4, -0.2) is 119 Å². The molecule has 3 saturated carbocycles. The van der Waals surface area contributed by atoms with Crippen molar-refractivity contribution in [3.63, 3.8) is 0 Å². The molecular weight excluding hydrogens is 909 g/mol. The lowest BCUT2D eigenvalue weighted by molar-refractivity contribution is -0.132. The van der Waals surface area contributed by atoms with Crippen LogP contribution in [-0.2, 0) is 35.4 Å². The van der Waals surface area contributed by atoms with E-state index in [0.717, 1.165) is 84.3 Å². The fraction of sp³-hybridized carbons (Fsp3) is 0.564. The first-order valence-corrected chi connectivity index (χ1v) is 25.7. The van der Waals surface area contributed by atoms with Gasteiger partial charge in [-0.3, -0.25) is 4.79 Å². The van der Waals surface area contributed by atoms with E-state index < -0.39 is 11.2 Å². The van der Waals surface area contributed by atoms with Crippen LogP contribution in [0.5, 0.6) is 0 Å². The summed E-state index contributed by atoms with van der Waals surface area (Å²) in [4.78, 5) is 51.6. The number of nitrogens with one attached hydrogen (secondary N) is 3. The number of rotatable bonds is 4. The summed E-state index contributed by atoms with van der Waals surface area (Å²) in [5.74, 6) is 0.325. The Balaban J connectivity index is 0.000000124. The Labute approximate surface area is 423 Å². The third-order valence-electron chi connectivity index (χ3n) is 15.3. The van der Waals surface area contributed by atoms with Crippen LogP contribution in [0, 0.1) is 16.2 Å². The average Bonchev–Trinajstić information content (AvgIpc) is 4.16. The maximum absolute atomic E-state index is 12.3. The summed E-state index contributed by atoms with van der Waals surface area (Å²) >= 11 is 0. The number of ketones is 1. The molecule has 17 heteroatoms. The van der Waals surface area contributed by atoms with Gasteiger partial charge in [-0.1, -0.05) is 0 Å². The Morgan fingerprint density at radius 3 is 1.50 bits per heavy atom. The van der Waals surface area contributed by atoms with Crippen LogP contribution in [0.15, 0.2) is 73.6 Å². The summed E-state index contributed by atoms with van der Waals surface area (Å²) in [5, 5.41) is 10.8. The van der Waals surface area contributed by atoms with Crippen LogP contribution >= 0.6 is 0 Å². The molecule has 5 N–H and O–H groups in total. The summed E-state index contributed by atoms with van der Waals surface area (Å²) in [6.07, 6.45) is 14.6. The molecule has 6 aliphatic rings. The zero-order valence-electron chi connectivity index (χ0n) is 43.9. The molecule has 3 aliphatic heterocycles. The van der Waals surface area contributed by atoms with Crippen molar-refractivity contribution in [1.82, 2.24) is 43.8 Å². The third-order valence-corrected chi connectivity index (χ3v) is 15.3. The van der Waals surface area contributed by atoms with Crippen molar-refractivity contribution in [3.05, 3.63) is 73.6 Å². The quantitative estimate of drug-likeness (QED) is 0.123. The van der Waals surface area contributed by atoms with Gasteiger partial charge in [-0.25, -0.2) is 24.5 Å². The molecule has 6 aromatic rings. The first-order valence-electron chi connectivity index (χ1n) is 25.7. The van der Waals surface area contributed by atoms with Crippen molar-refractivity contribution in [2.24, 2.45) is 37.4 Å². The molecule has 3 aromatic carbocycles. The minimum atomic E-state index is -0.442. The lowest BCUT2D eigenvalue weighted by Crippen LogP contribution is -2.47. The first-order chi connectivity index (χ1) is 34.0. The fourth-order valence-electron chi connectivity index (χ4n) is 11.6. The zero-order valence-corrected chi connectivity index (χ0v) is 43.9. The van der Waals surface area contributed by atoms with E-state index in [1.807, 2.05) is 108 Å². The standard InChI is InChI=1S/C20H28N4O2.C15H20N4.C12H19NO3.C8H9N3/c1-19(2,3)26-18(25)24-8-7-20(12-24)10-15(11-20)22-14-5-6-16-17(9-14)23(4)13-21-16;1-19-10-17-13-3-2-11(6-14(13)19)18-12-7-15(8-12)4-5-16-9-15;1-11(2,3)16-10(15)13-5-4-12(8-13)6-9(14)7-12;1-11-5-10-7-3-2-6(9)4-8(7)11/h5-6,9,13,15,22H,7-8,10-12H2,1-4H3;2-3,6,10,12,16,18H,4-5,7-9H2,1H3;4-8H2,1-3H3;2-5H,9H2,1H3. The lowest BCUT2D eigenvalue weighted by atomic mass is 9.65. The largest absolute Gasteiger partial charge is 0.444 e. The number of carbonyl (C=O) groups excluding carboxylic acids is 3. The number of fused-ring (bicyclic) bond motifs is 3. The summed E-state index contributed by atoms with van der Waals surface area (Å²) < 4.78 is 16.9. The van der Waals surface area contributed by atoms with Crippen LogP contribution in [0.1, 0.15) is 99.3 Å². The van der Waals surface area contributed by atoms with Gasteiger partial charge in [0.15, 0.2) is 0 Å². The number of hydrogen-bond acceptors (Lipinski definition) is 12. The van der Waals surface area contributed by atoms with Gasteiger partial charge in [-0.15, -0.1) is 0 Å². The molecule has 3 aliphatic carbocycles. The smallest absolute Gasteiger partial charge is 0.410 e. The zero-order chi connectivity index (χ0) is 51.2. The minimum Gasteiger partial charge on any atom is -0.444 e. The Kier molecular flexibility index (Phi) is 13.8. The number of nitrogens with two attached hydrogens (primary N) is 1. The molecule has 72 heavy (non-hydrogen) atoms. The minimum absolute atomic E-state index is 0.0913. The second kappa shape index (κ2) is 19.6. The van der Waals surface area contributed by atoms with Gasteiger partial charge in [0.1, 0.15) is 17.0 Å². The van der Waals surface area contributed by atoms with Crippen LogP contribution < -0.4 is 21.7 Å². The molecule has 6 fully saturated rings. The van der Waals surface area contributed by atoms with Crippen molar-refractivity contribution in [3.8, 4) is 0 Å². The molecule has 0 unspecified atom stereocenters. The number of carbonyl (C=O) groups is 3. The fourth-order valence-corrected chi connectivity index (χ4v) is 11.6. The van der Waals surface area contributed by atoms with Crippen LogP contribution in [0.3, 0.4) is 0 Å². The van der Waals surface area contributed by atoms with Gasteiger partial charge in [0.05, 0.1) is 52.1 Å². The number of anilines is 3. The van der Waals surface area contributed by atoms with E-state index in [4.69, 9.17) is 15.2 Å². The van der Waals surface area contributed by atoms with E-state index in [0.29, 0.717) is 42.7 Å². The maximum atomic E-state index is 12.3. The van der Waals surface area contributed by atoms with Crippen LogP contribution in [0.4, 0.5) is 26.7 Å². The SMILES string of the molecule is CC(C)(C)OC(=O)N1CCC2(CC(=O)C2)C1.Cn1cnc2ccc(N)cc21.Cn1cnc2ccc(NC3CC4(CCN(C(=O)OC(C)(C)C)C4)C3)cc21.Cn1cnc2ccc(NC3CC4(CCNC4)C3)cc21. The number of ether oxygens (including phenoxy) is 2. The molecule has 2 amide bonds. The number of nitrogens with zero attached hydrogens (tertiary/aromatic N) is 8. The van der Waals surface area contributed by atoms with Crippen molar-refractivity contribution >= 4 is 68.1 Å². The highest BCUT2D eigenvalue weighted by molar-refractivity contribution is 5.87. The third kappa shape index (κ3) is 11.6. The van der Waals surface area contributed by atoms with Crippen LogP contribution in [0.25, 0.3) is 33.1 Å². The van der Waals surface area contributed by atoms with Crippen LogP contribution in [0.2, 0.25) is 0 Å². The molecule has 6 heterocycles.